The van der Waals surface area contributed by atoms with Crippen LogP contribution in [0, 0.1) is 0 Å². The number of hydrogen-bond donors (Lipinski definition) is 0. The molecule has 0 aliphatic carbocycles. The third kappa shape index (κ3) is 104. The zero-order valence-corrected chi connectivity index (χ0v) is 4.90. The summed E-state index contributed by atoms with van der Waals surface area (Å²) in [6, 6.07) is 0. The second kappa shape index (κ2) is 202. The first-order valence-corrected chi connectivity index (χ1v) is 0. The Kier molecular flexibility index (Phi) is 16400. The first-order valence-electron chi connectivity index (χ1n) is 0. The summed E-state index contributed by atoms with van der Waals surface area (Å²) in [7, 11) is 0. The van der Waals surface area contributed by atoms with Crippen molar-refractivity contribution in [1.82, 2.24) is 0 Å². The molecule has 0 aromatic rings. The van der Waals surface area contributed by atoms with E-state index in [9.17, 15) is 0 Å². The van der Waals surface area contributed by atoms with Crippen molar-refractivity contribution in [3.05, 3.63) is 12.3 Å². The Hall–Kier alpha value is 0.528. The molecule has 0 heterocycles. The topological polar surface area (TPSA) is 133 Å². The van der Waals surface area contributed by atoms with Gasteiger partial charge < -0.3 is 23.3 Å². The fourth-order valence-electron chi connectivity index (χ4n) is 0. The van der Waals surface area contributed by atoms with Gasteiger partial charge >= 0.3 is 21.1 Å². The van der Waals surface area contributed by atoms with E-state index in [1.54, 1.807) is 0 Å². The molecule has 0 atom stereocenters. The molecule has 5 heavy (non-hydrogen) atoms. The van der Waals surface area contributed by atoms with Gasteiger partial charge in [-0.05, 0) is 0 Å². The van der Waals surface area contributed by atoms with Crippen LogP contribution in [0.5, 0.6) is 0 Å². The summed E-state index contributed by atoms with van der Waals surface area (Å²) >= 11 is 0. The average molecular weight is 265 g/mol. The van der Waals surface area contributed by atoms with Gasteiger partial charge in [-0.25, -0.2) is 0 Å². The molecule has 0 saturated heterocycles. The minimum atomic E-state index is 0. The number of rotatable bonds is 0. The van der Waals surface area contributed by atoms with Crippen molar-refractivity contribution in [2.45, 2.75) is 0 Å². The van der Waals surface area contributed by atoms with E-state index < -0.39 is 0 Å². The van der Waals surface area contributed by atoms with Crippen LogP contribution in [0.2, 0.25) is 0 Å². The van der Waals surface area contributed by atoms with Crippen molar-refractivity contribution in [3.8, 4) is 0 Å². The fraction of sp³-hybridized carbons (Fsp3) is 0. The molecule has 0 aromatic heterocycles. The normalized spacial score (nSPS) is 0. The summed E-state index contributed by atoms with van der Waals surface area (Å²) in [5.41, 5.74) is 0. The Labute approximate surface area is 45.0 Å². The van der Waals surface area contributed by atoms with Gasteiger partial charge in [0.25, 0.3) is 0 Å². The van der Waals surface area contributed by atoms with Gasteiger partial charge in [-0.1, -0.05) is 0 Å². The molecule has 0 unspecified atom stereocenters. The van der Waals surface area contributed by atoms with Crippen LogP contribution in [-0.2, 0) is 32.0 Å². The molecule has 0 fully saturated rings. The molecule has 0 bridgehead atoms. The molecule has 0 aromatic carbocycles. The first kappa shape index (κ1) is 406. The van der Waals surface area contributed by atoms with E-state index in [2.05, 4.69) is 0 Å². The summed E-state index contributed by atoms with van der Waals surface area (Å²) < 4.78 is 0. The molecular weight excluding hydrogens is 255 g/mol. The largest absolute Gasteiger partial charge is 4.00 e. The first-order chi connectivity index (χ1) is 0. The van der Waals surface area contributed by atoms with Crippen LogP contribution in [-0.4, -0.2) is 0 Å². The van der Waals surface area contributed by atoms with Gasteiger partial charge in [0.2, 0.25) is 0 Å². The minimum Gasteiger partial charge on any atom is -0.693 e. The molecule has 0 saturated carbocycles. The van der Waals surface area contributed by atoms with Crippen LogP contribution in [0.1, 0.15) is 0 Å². The van der Waals surface area contributed by atoms with Gasteiger partial charge in [-0.2, -0.15) is 0 Å². The Balaban J connectivity index is 0. The molecule has 0 aliphatic rings. The van der Waals surface area contributed by atoms with E-state index in [-0.39, 0.29) is 44.3 Å². The standard InChI is InChI=1S/2H2N.2H2O.Pt/h4*1H2;/q2*-1;;;+4/p+2. The van der Waals surface area contributed by atoms with Gasteiger partial charge in [-0.3, -0.25) is 0 Å². The van der Waals surface area contributed by atoms with Gasteiger partial charge in [0, 0.05) is 0 Å². The molecule has 0 amide bonds. The van der Waals surface area contributed by atoms with Crippen LogP contribution >= 0.6 is 0 Å². The second-order valence-electron chi connectivity index (χ2n) is 0. The van der Waals surface area contributed by atoms with E-state index in [0.29, 0.717) is 0 Å². The van der Waals surface area contributed by atoms with E-state index in [1.165, 1.54) is 0 Å². The zero-order chi connectivity index (χ0) is 0. The van der Waals surface area contributed by atoms with Gasteiger partial charge in [-0.15, -0.1) is 0 Å². The van der Waals surface area contributed by atoms with E-state index in [0.717, 1.165) is 0 Å². The Bertz CT molecular complexity index is 7.61. The predicted molar refractivity (Wildman–Crippen MR) is 20.3 cm³/mol. The van der Waals surface area contributed by atoms with Crippen molar-refractivity contribution >= 4 is 0 Å². The molecule has 0 spiro atoms. The Morgan fingerprint density at radius 3 is 0.600 bits per heavy atom. The van der Waals surface area contributed by atoms with Crippen molar-refractivity contribution in [2.75, 3.05) is 0 Å². The van der Waals surface area contributed by atoms with Crippen molar-refractivity contribution in [3.63, 3.8) is 0 Å². The van der Waals surface area contributed by atoms with Crippen LogP contribution in [0.4, 0.5) is 0 Å². The maximum atomic E-state index is 0. The fourth-order valence-corrected chi connectivity index (χ4v) is 0. The van der Waals surface area contributed by atoms with Crippen molar-refractivity contribution in [2.24, 2.45) is 0 Å². The molecular formula is H10N2O2Pt+4. The Morgan fingerprint density at radius 2 is 0.600 bits per heavy atom. The van der Waals surface area contributed by atoms with Gasteiger partial charge in [0.05, 0.1) is 0 Å². The van der Waals surface area contributed by atoms with Gasteiger partial charge in [0.1, 0.15) is 0 Å². The van der Waals surface area contributed by atoms with Crippen LogP contribution < -0.4 is 0 Å². The molecule has 4 nitrogen and oxygen atoms in total. The molecule has 38 valence electrons. The van der Waals surface area contributed by atoms with E-state index in [4.69, 9.17) is 0 Å². The summed E-state index contributed by atoms with van der Waals surface area (Å²) in [5, 5.41) is 0. The monoisotopic (exact) mass is 265 g/mol. The number of hydrogen-bond acceptors (Lipinski definition) is 0. The predicted octanol–water partition coefficient (Wildman–Crippen LogP) is -0.412. The summed E-state index contributed by atoms with van der Waals surface area (Å²) in [4.78, 5) is 0. The smallest absolute Gasteiger partial charge is 0.693 e. The number of nitrogens with two attached hydrogens (primary N) is 2. The van der Waals surface area contributed by atoms with E-state index in [1.807, 2.05) is 0 Å². The van der Waals surface area contributed by atoms with E-state index >= 15 is 0 Å². The quantitative estimate of drug-likeness (QED) is 0.526. The summed E-state index contributed by atoms with van der Waals surface area (Å²) in [6.45, 7) is 0. The summed E-state index contributed by atoms with van der Waals surface area (Å²) in [5.74, 6) is 0. The summed E-state index contributed by atoms with van der Waals surface area (Å²) in [6.07, 6.45) is 0. The van der Waals surface area contributed by atoms with Crippen molar-refractivity contribution in [1.29, 1.82) is 0 Å². The maximum absolute atomic E-state index is 0. The Morgan fingerprint density at radius 1 is 0.600 bits per heavy atom. The third-order valence-corrected chi connectivity index (χ3v) is 0. The van der Waals surface area contributed by atoms with Crippen LogP contribution in [0.25, 0.3) is 12.3 Å². The molecule has 0 rings (SSSR count). The molecule has 0 radical (unpaired) electrons. The third-order valence-electron chi connectivity index (χ3n) is 0. The van der Waals surface area contributed by atoms with Crippen molar-refractivity contribution < 1.29 is 32.0 Å². The zero-order valence-electron chi connectivity index (χ0n) is 2.63. The molecule has 0 aliphatic heterocycles. The molecule has 5 heteroatoms. The van der Waals surface area contributed by atoms with Gasteiger partial charge in [0.15, 0.2) is 0 Å². The average Bonchev–Trinajstić information content (AvgIpc) is 0. The van der Waals surface area contributed by atoms with Crippen LogP contribution in [0.15, 0.2) is 0 Å². The molecule has 10 N–H and O–H groups in total. The minimum absolute atomic E-state index is 0. The maximum Gasteiger partial charge on any atom is 4.00 e. The van der Waals surface area contributed by atoms with Crippen LogP contribution in [0.3, 0.4) is 0 Å². The SMILES string of the molecule is [NH2-].[NH2-].[OH3+].[OH3+].[Pt+4]. The second-order valence-corrected chi connectivity index (χ2v) is 0.